The highest BCUT2D eigenvalue weighted by atomic mass is 16.3. The van der Waals surface area contributed by atoms with Crippen molar-refractivity contribution in [2.45, 2.75) is 51.3 Å². The van der Waals surface area contributed by atoms with Crippen molar-refractivity contribution in [1.29, 1.82) is 0 Å². The van der Waals surface area contributed by atoms with Gasteiger partial charge in [0, 0.05) is 25.6 Å². The molecular formula is C17H26N2O2. The second-order valence-electron chi connectivity index (χ2n) is 5.75. The number of carbonyl (C=O) groups excluding carboxylic acids is 1. The van der Waals surface area contributed by atoms with Crippen LogP contribution in [0.5, 0.6) is 0 Å². The Hall–Kier alpha value is -1.39. The van der Waals surface area contributed by atoms with Crippen molar-refractivity contribution >= 4 is 5.91 Å². The highest BCUT2D eigenvalue weighted by Crippen LogP contribution is 2.21. The van der Waals surface area contributed by atoms with Gasteiger partial charge in [-0.15, -0.1) is 0 Å². The lowest BCUT2D eigenvalue weighted by atomic mass is 10.1. The maximum atomic E-state index is 11.9. The number of nitrogens with one attached hydrogen (secondary N) is 1. The molecule has 4 nitrogen and oxygen atoms in total. The summed E-state index contributed by atoms with van der Waals surface area (Å²) in [6, 6.07) is 10.6. The molecule has 1 aromatic rings. The van der Waals surface area contributed by atoms with Crippen molar-refractivity contribution in [2.75, 3.05) is 13.1 Å². The molecule has 2 rings (SSSR count). The normalized spacial score (nSPS) is 20.0. The number of hydrogen-bond acceptors (Lipinski definition) is 3. The van der Waals surface area contributed by atoms with E-state index in [1.165, 1.54) is 5.56 Å². The molecule has 4 heteroatoms. The maximum Gasteiger partial charge on any atom is 0.222 e. The molecule has 0 saturated carbocycles. The van der Waals surface area contributed by atoms with E-state index >= 15 is 0 Å². The van der Waals surface area contributed by atoms with Crippen molar-refractivity contribution in [3.63, 3.8) is 0 Å². The maximum absolute atomic E-state index is 11.9. The Labute approximate surface area is 127 Å². The lowest BCUT2D eigenvalue weighted by Gasteiger charge is -2.27. The van der Waals surface area contributed by atoms with Crippen LogP contribution in [0.2, 0.25) is 0 Å². The number of β-amino-alcohol motifs (C(OH)–C–C–N with tert-alkyl or cyclic N) is 1. The zero-order valence-electron chi connectivity index (χ0n) is 12.8. The Morgan fingerprint density at radius 1 is 1.38 bits per heavy atom. The number of aliphatic hydroxyl groups excluding tert-OH is 1. The molecule has 1 fully saturated rings. The Morgan fingerprint density at radius 3 is 2.86 bits per heavy atom. The van der Waals surface area contributed by atoms with Crippen LogP contribution in [0.15, 0.2) is 30.3 Å². The average Bonchev–Trinajstić information content (AvgIpc) is 2.85. The number of amides is 1. The van der Waals surface area contributed by atoms with Gasteiger partial charge in [-0.2, -0.15) is 0 Å². The first-order chi connectivity index (χ1) is 10.2. The number of rotatable bonds is 8. The molecule has 0 radical (unpaired) electrons. The fourth-order valence-electron chi connectivity index (χ4n) is 2.80. The van der Waals surface area contributed by atoms with Crippen LogP contribution in [0.25, 0.3) is 0 Å². The number of hydrogen-bond donors (Lipinski definition) is 2. The summed E-state index contributed by atoms with van der Waals surface area (Å²) >= 11 is 0. The minimum absolute atomic E-state index is 0.190. The van der Waals surface area contributed by atoms with Crippen molar-refractivity contribution < 1.29 is 9.90 Å². The molecule has 21 heavy (non-hydrogen) atoms. The van der Waals surface area contributed by atoms with Gasteiger partial charge in [0.15, 0.2) is 0 Å². The zero-order chi connectivity index (χ0) is 15.1. The van der Waals surface area contributed by atoms with E-state index in [-0.39, 0.29) is 11.9 Å². The van der Waals surface area contributed by atoms with Crippen molar-refractivity contribution in [3.8, 4) is 0 Å². The molecule has 1 amide bonds. The first-order valence-electron chi connectivity index (χ1n) is 7.93. The summed E-state index contributed by atoms with van der Waals surface area (Å²) in [5.74, 6) is 0.190. The van der Waals surface area contributed by atoms with Crippen LogP contribution < -0.4 is 5.32 Å². The third-order valence-electron chi connectivity index (χ3n) is 4.16. The zero-order valence-corrected chi connectivity index (χ0v) is 12.8. The Balaban J connectivity index is 1.72. The number of benzene rings is 1. The van der Waals surface area contributed by atoms with Crippen molar-refractivity contribution in [1.82, 2.24) is 10.2 Å². The van der Waals surface area contributed by atoms with Gasteiger partial charge < -0.3 is 15.3 Å². The van der Waals surface area contributed by atoms with E-state index in [2.05, 4.69) is 17.4 Å². The number of nitrogens with zero attached hydrogens (tertiary/aromatic N) is 1. The summed E-state index contributed by atoms with van der Waals surface area (Å²) in [6.45, 7) is 4.19. The van der Waals surface area contributed by atoms with Crippen molar-refractivity contribution in [2.24, 2.45) is 0 Å². The fraction of sp³-hybridized carbons (Fsp3) is 0.588. The number of likely N-dealkylation sites (tertiary alicyclic amines) is 1. The highest BCUT2D eigenvalue weighted by molar-refractivity contribution is 5.78. The summed E-state index contributed by atoms with van der Waals surface area (Å²) < 4.78 is 0. The van der Waals surface area contributed by atoms with Crippen LogP contribution in [0.3, 0.4) is 0 Å². The minimum atomic E-state index is -0.396. The molecule has 1 aromatic carbocycles. The predicted octanol–water partition coefficient (Wildman–Crippen LogP) is 1.93. The molecule has 1 aliphatic heterocycles. The Kier molecular flexibility index (Phi) is 6.21. The van der Waals surface area contributed by atoms with Gasteiger partial charge in [-0.05, 0) is 31.4 Å². The average molecular weight is 290 g/mol. The SMILES string of the molecule is CC[C@H](O)CN1C(=O)CC[C@H]1CCNCc1ccccc1. The molecule has 116 valence electrons. The van der Waals surface area contributed by atoms with E-state index in [9.17, 15) is 9.90 Å². The van der Waals surface area contributed by atoms with E-state index in [0.717, 1.165) is 25.9 Å². The quantitative estimate of drug-likeness (QED) is 0.719. The van der Waals surface area contributed by atoms with Crippen LogP contribution in [-0.4, -0.2) is 41.1 Å². The van der Waals surface area contributed by atoms with Gasteiger partial charge in [-0.3, -0.25) is 4.79 Å². The summed E-state index contributed by atoms with van der Waals surface area (Å²) in [5, 5.41) is 13.2. The van der Waals surface area contributed by atoms with E-state index in [1.807, 2.05) is 30.0 Å². The summed E-state index contributed by atoms with van der Waals surface area (Å²) in [4.78, 5) is 13.8. The monoisotopic (exact) mass is 290 g/mol. The Morgan fingerprint density at radius 2 is 2.14 bits per heavy atom. The fourth-order valence-corrected chi connectivity index (χ4v) is 2.80. The topological polar surface area (TPSA) is 52.6 Å². The largest absolute Gasteiger partial charge is 0.391 e. The molecule has 0 aliphatic carbocycles. The van der Waals surface area contributed by atoms with Crippen LogP contribution in [-0.2, 0) is 11.3 Å². The molecule has 2 N–H and O–H groups in total. The van der Waals surface area contributed by atoms with Gasteiger partial charge in [0.2, 0.25) is 5.91 Å². The van der Waals surface area contributed by atoms with Gasteiger partial charge in [0.1, 0.15) is 0 Å². The second-order valence-corrected chi connectivity index (χ2v) is 5.75. The lowest BCUT2D eigenvalue weighted by molar-refractivity contribution is -0.130. The third kappa shape index (κ3) is 4.83. The minimum Gasteiger partial charge on any atom is -0.391 e. The van der Waals surface area contributed by atoms with Crippen LogP contribution in [0, 0.1) is 0 Å². The molecular weight excluding hydrogens is 264 g/mol. The number of carbonyl (C=O) groups is 1. The van der Waals surface area contributed by atoms with Gasteiger partial charge in [0.25, 0.3) is 0 Å². The summed E-state index contributed by atoms with van der Waals surface area (Å²) in [5.41, 5.74) is 1.28. The molecule has 1 heterocycles. The van der Waals surface area contributed by atoms with Crippen molar-refractivity contribution in [3.05, 3.63) is 35.9 Å². The summed E-state index contributed by atoms with van der Waals surface area (Å²) in [7, 11) is 0. The Bertz CT molecular complexity index is 436. The molecule has 1 saturated heterocycles. The van der Waals surface area contributed by atoms with Gasteiger partial charge in [-0.25, -0.2) is 0 Å². The molecule has 0 bridgehead atoms. The van der Waals surface area contributed by atoms with E-state index in [1.54, 1.807) is 0 Å². The standard InChI is InChI=1S/C17H26N2O2/c1-2-16(20)13-19-15(8-9-17(19)21)10-11-18-12-14-6-4-3-5-7-14/h3-7,15-16,18,20H,2,8-13H2,1H3/t15-,16-/m0/s1. The van der Waals surface area contributed by atoms with E-state index < -0.39 is 6.10 Å². The molecule has 0 unspecified atom stereocenters. The van der Waals surface area contributed by atoms with Crippen LogP contribution >= 0.6 is 0 Å². The molecule has 0 aromatic heterocycles. The molecule has 2 atom stereocenters. The van der Waals surface area contributed by atoms with Gasteiger partial charge in [0.05, 0.1) is 6.10 Å². The predicted molar refractivity (Wildman–Crippen MR) is 83.8 cm³/mol. The highest BCUT2D eigenvalue weighted by Gasteiger charge is 2.31. The van der Waals surface area contributed by atoms with Crippen LogP contribution in [0.1, 0.15) is 38.2 Å². The van der Waals surface area contributed by atoms with Gasteiger partial charge in [-0.1, -0.05) is 37.3 Å². The van der Waals surface area contributed by atoms with E-state index in [4.69, 9.17) is 0 Å². The smallest absolute Gasteiger partial charge is 0.222 e. The molecule has 1 aliphatic rings. The summed E-state index contributed by atoms with van der Waals surface area (Å²) in [6.07, 6.45) is 2.80. The third-order valence-corrected chi connectivity index (χ3v) is 4.16. The van der Waals surface area contributed by atoms with Crippen LogP contribution in [0.4, 0.5) is 0 Å². The first-order valence-corrected chi connectivity index (χ1v) is 7.93. The van der Waals surface area contributed by atoms with Gasteiger partial charge >= 0.3 is 0 Å². The number of aliphatic hydroxyl groups is 1. The molecule has 0 spiro atoms. The lowest BCUT2D eigenvalue weighted by Crippen LogP contribution is -2.40. The van der Waals surface area contributed by atoms with E-state index in [0.29, 0.717) is 19.4 Å². The second kappa shape index (κ2) is 8.15. The first kappa shape index (κ1) is 16.0.